The van der Waals surface area contributed by atoms with E-state index in [1.54, 1.807) is 0 Å². The third-order valence-electron chi connectivity index (χ3n) is 6.00. The highest BCUT2D eigenvalue weighted by Crippen LogP contribution is 2.21. The van der Waals surface area contributed by atoms with Crippen LogP contribution in [0.25, 0.3) is 10.9 Å². The first kappa shape index (κ1) is 26.9. The number of fused-ring (bicyclic) bond motifs is 1. The number of aryl methyl sites for hydroxylation is 1. The first-order valence-electron chi connectivity index (χ1n) is 12.5. The molecule has 0 atom stereocenters. The number of rotatable bonds is 17. The Morgan fingerprint density at radius 3 is 2.27 bits per heavy atom. The van der Waals surface area contributed by atoms with E-state index in [0.717, 1.165) is 50.7 Å². The zero-order chi connectivity index (χ0) is 23.9. The second-order valence-electron chi connectivity index (χ2n) is 8.75. The van der Waals surface area contributed by atoms with Crippen LogP contribution in [0.3, 0.4) is 0 Å². The summed E-state index contributed by atoms with van der Waals surface area (Å²) in [5, 5.41) is 9.26. The molecule has 184 valence electrons. The summed E-state index contributed by atoms with van der Waals surface area (Å²) >= 11 is 0. The minimum atomic E-state index is 0.0843. The fourth-order valence-corrected chi connectivity index (χ4v) is 3.97. The van der Waals surface area contributed by atoms with Crippen LogP contribution in [-0.2, 0) is 22.7 Å². The number of nitrogens with one attached hydrogen (secondary N) is 3. The van der Waals surface area contributed by atoms with Gasteiger partial charge in [0.15, 0.2) is 0 Å². The van der Waals surface area contributed by atoms with Crippen molar-refractivity contribution in [1.82, 2.24) is 25.6 Å². The van der Waals surface area contributed by atoms with Crippen LogP contribution in [0.2, 0.25) is 0 Å². The monoisotopic (exact) mass is 457 g/mol. The number of nitrogens with zero attached hydrogens (tertiary/aromatic N) is 2. The average molecular weight is 458 g/mol. The molecule has 2 amide bonds. The van der Waals surface area contributed by atoms with E-state index in [2.05, 4.69) is 45.7 Å². The molecule has 7 heteroatoms. The van der Waals surface area contributed by atoms with Gasteiger partial charge in [0.25, 0.3) is 0 Å². The van der Waals surface area contributed by atoms with Gasteiger partial charge >= 0.3 is 0 Å². The lowest BCUT2D eigenvalue weighted by Gasteiger charge is -2.17. The van der Waals surface area contributed by atoms with Crippen LogP contribution in [-0.4, -0.2) is 48.6 Å². The van der Waals surface area contributed by atoms with Crippen molar-refractivity contribution in [2.75, 3.05) is 27.2 Å². The van der Waals surface area contributed by atoms with Crippen LogP contribution in [0.4, 0.5) is 0 Å². The van der Waals surface area contributed by atoms with Gasteiger partial charge in [-0.2, -0.15) is 0 Å². The molecule has 1 heterocycles. The minimum absolute atomic E-state index is 0.0843. The van der Waals surface area contributed by atoms with E-state index in [4.69, 9.17) is 0 Å². The summed E-state index contributed by atoms with van der Waals surface area (Å²) in [6, 6.07) is 10.5. The Morgan fingerprint density at radius 1 is 0.909 bits per heavy atom. The zero-order valence-electron chi connectivity index (χ0n) is 20.8. The summed E-state index contributed by atoms with van der Waals surface area (Å²) in [4.78, 5) is 24.1. The standard InChI is InChI=1S/C26H43N5O2/c1-4-5-6-8-15-25(32)28-17-11-7-12-18-29-26(33)16-19-31-23(21-30(3)27-2)20-22-13-9-10-14-24(22)31/h9-10,13-14,20,27H,4-8,11-12,15-19,21H2,1-3H3,(H,28,32)(H,29,33). The number of para-hydroxylation sites is 1. The molecular formula is C26H43N5O2. The van der Waals surface area contributed by atoms with Gasteiger partial charge < -0.3 is 15.2 Å². The van der Waals surface area contributed by atoms with Gasteiger partial charge in [0.2, 0.25) is 11.8 Å². The van der Waals surface area contributed by atoms with Crippen molar-refractivity contribution in [2.45, 2.75) is 77.8 Å². The van der Waals surface area contributed by atoms with Crippen LogP contribution in [0.15, 0.2) is 30.3 Å². The zero-order valence-corrected chi connectivity index (χ0v) is 20.8. The molecule has 0 spiro atoms. The Labute approximate surface area is 199 Å². The highest BCUT2D eigenvalue weighted by molar-refractivity contribution is 5.82. The lowest BCUT2D eigenvalue weighted by atomic mass is 10.1. The highest BCUT2D eigenvalue weighted by Gasteiger charge is 2.11. The second-order valence-corrected chi connectivity index (χ2v) is 8.75. The van der Waals surface area contributed by atoms with E-state index in [9.17, 15) is 9.59 Å². The Morgan fingerprint density at radius 2 is 1.58 bits per heavy atom. The first-order chi connectivity index (χ1) is 16.0. The van der Waals surface area contributed by atoms with E-state index < -0.39 is 0 Å². The lowest BCUT2D eigenvalue weighted by Crippen LogP contribution is -2.31. The number of aromatic nitrogens is 1. The molecule has 1 aromatic carbocycles. The van der Waals surface area contributed by atoms with Crippen LogP contribution in [0.5, 0.6) is 0 Å². The predicted molar refractivity (Wildman–Crippen MR) is 136 cm³/mol. The van der Waals surface area contributed by atoms with Crippen molar-refractivity contribution in [2.24, 2.45) is 0 Å². The molecule has 0 bridgehead atoms. The van der Waals surface area contributed by atoms with Crippen molar-refractivity contribution in [3.05, 3.63) is 36.0 Å². The summed E-state index contributed by atoms with van der Waals surface area (Å²) in [6.45, 7) is 5.02. The maximum absolute atomic E-state index is 12.4. The number of carbonyl (C=O) groups excluding carboxylic acids is 2. The van der Waals surface area contributed by atoms with E-state index in [1.807, 2.05) is 31.2 Å². The molecule has 2 aromatic rings. The Bertz CT molecular complexity index is 848. The van der Waals surface area contributed by atoms with Crippen LogP contribution in [0.1, 0.15) is 70.4 Å². The molecule has 0 aliphatic heterocycles. The predicted octanol–water partition coefficient (Wildman–Crippen LogP) is 3.97. The van der Waals surface area contributed by atoms with Gasteiger partial charge in [-0.3, -0.25) is 15.0 Å². The van der Waals surface area contributed by atoms with Crippen molar-refractivity contribution >= 4 is 22.7 Å². The number of carbonyl (C=O) groups is 2. The quantitative estimate of drug-likeness (QED) is 0.248. The number of hydrogen-bond acceptors (Lipinski definition) is 4. The van der Waals surface area contributed by atoms with Gasteiger partial charge in [0.1, 0.15) is 0 Å². The maximum Gasteiger partial charge on any atom is 0.221 e. The van der Waals surface area contributed by atoms with Crippen LogP contribution >= 0.6 is 0 Å². The van der Waals surface area contributed by atoms with E-state index in [-0.39, 0.29) is 11.8 Å². The molecule has 0 fully saturated rings. The van der Waals surface area contributed by atoms with Crippen molar-refractivity contribution < 1.29 is 9.59 Å². The van der Waals surface area contributed by atoms with E-state index in [1.165, 1.54) is 23.9 Å². The summed E-state index contributed by atoms with van der Waals surface area (Å²) in [5.41, 5.74) is 5.49. The van der Waals surface area contributed by atoms with Gasteiger partial charge in [0, 0.05) is 50.7 Å². The van der Waals surface area contributed by atoms with Crippen molar-refractivity contribution in [3.8, 4) is 0 Å². The number of hydrogen-bond donors (Lipinski definition) is 3. The lowest BCUT2D eigenvalue weighted by molar-refractivity contribution is -0.122. The summed E-state index contributed by atoms with van der Waals surface area (Å²) in [7, 11) is 3.91. The molecule has 3 N–H and O–H groups in total. The molecule has 2 rings (SSSR count). The van der Waals surface area contributed by atoms with Crippen molar-refractivity contribution in [3.63, 3.8) is 0 Å². The average Bonchev–Trinajstić information content (AvgIpc) is 3.16. The number of unbranched alkanes of at least 4 members (excludes halogenated alkanes) is 5. The minimum Gasteiger partial charge on any atom is -0.356 e. The smallest absolute Gasteiger partial charge is 0.221 e. The molecule has 7 nitrogen and oxygen atoms in total. The Balaban J connectivity index is 1.63. The normalized spacial score (nSPS) is 11.3. The van der Waals surface area contributed by atoms with Gasteiger partial charge in [0.05, 0.1) is 6.54 Å². The Kier molecular flexibility index (Phi) is 12.6. The summed E-state index contributed by atoms with van der Waals surface area (Å²) in [5.74, 6) is 0.248. The fourth-order valence-electron chi connectivity index (χ4n) is 3.97. The molecule has 0 radical (unpaired) electrons. The molecule has 0 saturated heterocycles. The second kappa shape index (κ2) is 15.5. The van der Waals surface area contributed by atoms with Crippen LogP contribution < -0.4 is 16.1 Å². The SMILES string of the molecule is CCCCCCC(=O)NCCCCCNC(=O)CCn1c(CN(C)NC)cc2ccccc21. The fraction of sp³-hybridized carbons (Fsp3) is 0.615. The molecule has 0 aliphatic rings. The Hall–Kier alpha value is -2.38. The summed E-state index contributed by atoms with van der Waals surface area (Å²) < 4.78 is 2.24. The molecule has 33 heavy (non-hydrogen) atoms. The van der Waals surface area contributed by atoms with E-state index >= 15 is 0 Å². The number of benzene rings is 1. The third-order valence-corrected chi connectivity index (χ3v) is 6.00. The number of hydrazine groups is 1. The molecule has 0 unspecified atom stereocenters. The number of amides is 2. The van der Waals surface area contributed by atoms with E-state index in [0.29, 0.717) is 25.9 Å². The van der Waals surface area contributed by atoms with Gasteiger partial charge in [-0.1, -0.05) is 44.4 Å². The highest BCUT2D eigenvalue weighted by atomic mass is 16.2. The molecule has 0 saturated carbocycles. The molecular weight excluding hydrogens is 414 g/mol. The van der Waals surface area contributed by atoms with Crippen molar-refractivity contribution in [1.29, 1.82) is 0 Å². The topological polar surface area (TPSA) is 78.4 Å². The van der Waals surface area contributed by atoms with Gasteiger partial charge in [-0.25, -0.2) is 5.01 Å². The largest absolute Gasteiger partial charge is 0.356 e. The third kappa shape index (κ3) is 9.96. The molecule has 1 aromatic heterocycles. The van der Waals surface area contributed by atoms with Gasteiger partial charge in [-0.15, -0.1) is 0 Å². The van der Waals surface area contributed by atoms with Crippen LogP contribution in [0, 0.1) is 0 Å². The summed E-state index contributed by atoms with van der Waals surface area (Å²) in [6.07, 6.45) is 8.50. The molecule has 0 aliphatic carbocycles. The first-order valence-corrected chi connectivity index (χ1v) is 12.5. The van der Waals surface area contributed by atoms with Gasteiger partial charge in [-0.05, 0) is 50.2 Å². The maximum atomic E-state index is 12.4.